The average molecular weight is 453 g/mol. The van der Waals surface area contributed by atoms with Crippen LogP contribution in [-0.2, 0) is 21.4 Å². The molecule has 0 radical (unpaired) electrons. The highest BCUT2D eigenvalue weighted by molar-refractivity contribution is 7.89. The van der Waals surface area contributed by atoms with Crippen molar-refractivity contribution >= 4 is 21.6 Å². The van der Waals surface area contributed by atoms with Gasteiger partial charge in [-0.15, -0.1) is 0 Å². The largest absolute Gasteiger partial charge is 0.495 e. The maximum absolute atomic E-state index is 13.6. The lowest BCUT2D eigenvalue weighted by Crippen LogP contribution is -2.37. The van der Waals surface area contributed by atoms with Crippen LogP contribution in [0.5, 0.6) is 5.75 Å². The van der Waals surface area contributed by atoms with E-state index in [2.05, 4.69) is 5.32 Å². The summed E-state index contributed by atoms with van der Waals surface area (Å²) < 4.78 is 33.7. The van der Waals surface area contributed by atoms with Crippen LogP contribution in [0.25, 0.3) is 0 Å². The first kappa shape index (κ1) is 23.5. The molecule has 3 aromatic rings. The molecule has 0 bridgehead atoms. The Morgan fingerprint density at radius 3 is 2.31 bits per heavy atom. The van der Waals surface area contributed by atoms with Crippen molar-refractivity contribution in [3.05, 3.63) is 89.0 Å². The van der Waals surface area contributed by atoms with E-state index < -0.39 is 15.9 Å². The van der Waals surface area contributed by atoms with Crippen LogP contribution in [0.4, 0.5) is 5.69 Å². The predicted molar refractivity (Wildman–Crippen MR) is 126 cm³/mol. The van der Waals surface area contributed by atoms with Crippen LogP contribution in [0.2, 0.25) is 0 Å². The van der Waals surface area contributed by atoms with E-state index in [1.165, 1.54) is 11.4 Å². The number of benzene rings is 3. The van der Waals surface area contributed by atoms with Gasteiger partial charge in [-0.3, -0.25) is 4.79 Å². The highest BCUT2D eigenvalue weighted by atomic mass is 32.2. The van der Waals surface area contributed by atoms with E-state index >= 15 is 0 Å². The van der Waals surface area contributed by atoms with Gasteiger partial charge in [-0.25, -0.2) is 8.42 Å². The van der Waals surface area contributed by atoms with Gasteiger partial charge in [0.25, 0.3) is 0 Å². The number of carbonyl (C=O) groups excluding carboxylic acids is 1. The Morgan fingerprint density at radius 1 is 0.938 bits per heavy atom. The van der Waals surface area contributed by atoms with E-state index in [1.54, 1.807) is 24.3 Å². The normalized spacial score (nSPS) is 11.4. The van der Waals surface area contributed by atoms with Crippen molar-refractivity contribution in [2.45, 2.75) is 32.2 Å². The first-order valence-electron chi connectivity index (χ1n) is 10.3. The molecule has 1 N–H and O–H groups in total. The number of methoxy groups -OCH3 is 1. The summed E-state index contributed by atoms with van der Waals surface area (Å²) in [6, 6.07) is 19.8. The molecule has 0 aromatic heterocycles. The predicted octanol–water partition coefficient (Wildman–Crippen LogP) is 4.45. The van der Waals surface area contributed by atoms with Gasteiger partial charge in [-0.1, -0.05) is 42.5 Å². The SMILES string of the molecule is COc1ccc(C)cc1S(=O)(=O)N(CC(=O)Nc1ccc(C)c(C)c1)Cc1ccccc1. The van der Waals surface area contributed by atoms with Gasteiger partial charge >= 0.3 is 0 Å². The quantitative estimate of drug-likeness (QED) is 0.548. The Hall–Kier alpha value is -3.16. The molecule has 0 atom stereocenters. The molecule has 0 aliphatic rings. The van der Waals surface area contributed by atoms with Crippen molar-refractivity contribution in [2.24, 2.45) is 0 Å². The smallest absolute Gasteiger partial charge is 0.247 e. The Morgan fingerprint density at radius 2 is 1.66 bits per heavy atom. The summed E-state index contributed by atoms with van der Waals surface area (Å²) in [4.78, 5) is 12.9. The van der Waals surface area contributed by atoms with Crippen molar-refractivity contribution in [2.75, 3.05) is 19.0 Å². The fourth-order valence-electron chi connectivity index (χ4n) is 3.32. The molecule has 32 heavy (non-hydrogen) atoms. The monoisotopic (exact) mass is 452 g/mol. The summed E-state index contributed by atoms with van der Waals surface area (Å²) in [6.07, 6.45) is 0. The van der Waals surface area contributed by atoms with Crippen LogP contribution in [0.1, 0.15) is 22.3 Å². The van der Waals surface area contributed by atoms with E-state index in [9.17, 15) is 13.2 Å². The number of carbonyl (C=O) groups is 1. The van der Waals surface area contributed by atoms with Gasteiger partial charge in [-0.05, 0) is 67.3 Å². The third-order valence-electron chi connectivity index (χ3n) is 5.25. The third kappa shape index (κ3) is 5.55. The zero-order valence-corrected chi connectivity index (χ0v) is 19.6. The van der Waals surface area contributed by atoms with Crippen molar-refractivity contribution in [1.29, 1.82) is 0 Å². The van der Waals surface area contributed by atoms with Crippen molar-refractivity contribution < 1.29 is 17.9 Å². The lowest BCUT2D eigenvalue weighted by Gasteiger charge is -2.23. The molecule has 0 saturated carbocycles. The minimum Gasteiger partial charge on any atom is -0.495 e. The number of anilines is 1. The molecule has 0 aliphatic heterocycles. The van der Waals surface area contributed by atoms with Crippen LogP contribution in [-0.4, -0.2) is 32.3 Å². The summed E-state index contributed by atoms with van der Waals surface area (Å²) in [6.45, 7) is 5.49. The van der Waals surface area contributed by atoms with Gasteiger partial charge in [0.15, 0.2) is 0 Å². The first-order chi connectivity index (χ1) is 15.2. The van der Waals surface area contributed by atoms with Crippen molar-refractivity contribution in [1.82, 2.24) is 4.31 Å². The van der Waals surface area contributed by atoms with Crippen LogP contribution in [0.3, 0.4) is 0 Å². The van der Waals surface area contributed by atoms with Gasteiger partial charge in [0, 0.05) is 12.2 Å². The molecule has 0 fully saturated rings. The summed E-state index contributed by atoms with van der Waals surface area (Å²) in [5, 5.41) is 2.81. The van der Waals surface area contributed by atoms with E-state index in [0.29, 0.717) is 5.69 Å². The van der Waals surface area contributed by atoms with Crippen LogP contribution >= 0.6 is 0 Å². The van der Waals surface area contributed by atoms with Crippen molar-refractivity contribution in [3.8, 4) is 5.75 Å². The number of hydrogen-bond donors (Lipinski definition) is 1. The number of hydrogen-bond acceptors (Lipinski definition) is 4. The van der Waals surface area contributed by atoms with Gasteiger partial charge in [0.05, 0.1) is 13.7 Å². The number of amides is 1. The van der Waals surface area contributed by atoms with Crippen LogP contribution in [0, 0.1) is 20.8 Å². The summed E-state index contributed by atoms with van der Waals surface area (Å²) in [7, 11) is -2.59. The number of aryl methyl sites for hydroxylation is 3. The number of nitrogens with zero attached hydrogens (tertiary/aromatic N) is 1. The van der Waals surface area contributed by atoms with E-state index in [4.69, 9.17) is 4.74 Å². The molecule has 3 rings (SSSR count). The lowest BCUT2D eigenvalue weighted by atomic mass is 10.1. The fraction of sp³-hybridized carbons (Fsp3) is 0.240. The summed E-state index contributed by atoms with van der Waals surface area (Å²) in [5.74, 6) is -0.178. The minimum absolute atomic E-state index is 0.0370. The Kier molecular flexibility index (Phi) is 7.33. The number of nitrogens with one attached hydrogen (secondary N) is 1. The molecule has 6 nitrogen and oxygen atoms in total. The fourth-order valence-corrected chi connectivity index (χ4v) is 4.94. The summed E-state index contributed by atoms with van der Waals surface area (Å²) in [5.41, 5.74) is 4.34. The number of sulfonamides is 1. The molecule has 168 valence electrons. The van der Waals surface area contributed by atoms with Gasteiger partial charge < -0.3 is 10.1 Å². The molecular formula is C25H28N2O4S. The van der Waals surface area contributed by atoms with E-state index in [1.807, 2.05) is 63.2 Å². The lowest BCUT2D eigenvalue weighted by molar-refractivity contribution is -0.116. The topological polar surface area (TPSA) is 75.7 Å². The van der Waals surface area contributed by atoms with E-state index in [-0.39, 0.29) is 23.7 Å². The van der Waals surface area contributed by atoms with Gasteiger partial charge in [-0.2, -0.15) is 4.31 Å². The molecular weight excluding hydrogens is 424 g/mol. The molecule has 3 aromatic carbocycles. The Balaban J connectivity index is 1.93. The molecule has 1 amide bonds. The molecule has 0 heterocycles. The van der Waals surface area contributed by atoms with Crippen molar-refractivity contribution in [3.63, 3.8) is 0 Å². The molecule has 0 spiro atoms. The Labute approximate surface area is 189 Å². The third-order valence-corrected chi connectivity index (χ3v) is 7.06. The maximum atomic E-state index is 13.6. The van der Waals surface area contributed by atoms with Crippen LogP contribution in [0.15, 0.2) is 71.6 Å². The second-order valence-electron chi connectivity index (χ2n) is 7.76. The number of rotatable bonds is 8. The zero-order valence-electron chi connectivity index (χ0n) is 18.8. The second kappa shape index (κ2) is 9.97. The zero-order chi connectivity index (χ0) is 23.3. The van der Waals surface area contributed by atoms with E-state index in [0.717, 1.165) is 22.3 Å². The van der Waals surface area contributed by atoms with Crippen LogP contribution < -0.4 is 10.1 Å². The molecule has 0 aliphatic carbocycles. The molecule has 0 saturated heterocycles. The average Bonchev–Trinajstić information content (AvgIpc) is 2.76. The first-order valence-corrected chi connectivity index (χ1v) is 11.7. The second-order valence-corrected chi connectivity index (χ2v) is 9.67. The summed E-state index contributed by atoms with van der Waals surface area (Å²) >= 11 is 0. The molecule has 0 unspecified atom stereocenters. The minimum atomic E-state index is -4.02. The maximum Gasteiger partial charge on any atom is 0.247 e. The standard InChI is InChI=1S/C25H28N2O4S/c1-18-10-13-23(31-4)24(14-18)32(29,30)27(16-21-8-6-5-7-9-21)17-25(28)26-22-12-11-19(2)20(3)15-22/h5-15H,16-17H2,1-4H3,(H,26,28). The highest BCUT2D eigenvalue weighted by Crippen LogP contribution is 2.29. The molecule has 7 heteroatoms. The van der Waals surface area contributed by atoms with Gasteiger partial charge in [0.2, 0.25) is 15.9 Å². The Bertz CT molecular complexity index is 1210. The number of ether oxygens (including phenoxy) is 1. The van der Waals surface area contributed by atoms with Gasteiger partial charge in [0.1, 0.15) is 10.6 Å². The highest BCUT2D eigenvalue weighted by Gasteiger charge is 2.30.